The number of aromatic nitrogens is 3. The lowest BCUT2D eigenvalue weighted by Crippen LogP contribution is -2.34. The lowest BCUT2D eigenvalue weighted by molar-refractivity contribution is -0.119. The summed E-state index contributed by atoms with van der Waals surface area (Å²) in [6.45, 7) is 5.99. The van der Waals surface area contributed by atoms with E-state index >= 15 is 0 Å². The number of benzene rings is 2. The summed E-state index contributed by atoms with van der Waals surface area (Å²) >= 11 is 1.47. The number of hydrogen-bond donors (Lipinski definition) is 1. The van der Waals surface area contributed by atoms with Gasteiger partial charge in [-0.3, -0.25) is 4.79 Å². The number of rotatable bonds is 9. The third-order valence-corrected chi connectivity index (χ3v) is 6.70. The number of aryl methyl sites for hydroxylation is 3. The van der Waals surface area contributed by atoms with E-state index < -0.39 is 0 Å². The molecule has 2 aromatic heterocycles. The SMILES string of the molecule is COc1ccccc1-c1c(C)nn2c(SCC(=O)N[C@H](C)CCc3ccccc3)cc(C)nc12. The monoisotopic (exact) mass is 474 g/mol. The van der Waals surface area contributed by atoms with Gasteiger partial charge in [0.1, 0.15) is 10.8 Å². The van der Waals surface area contributed by atoms with Crippen LogP contribution in [0.15, 0.2) is 65.7 Å². The third-order valence-electron chi connectivity index (χ3n) is 5.70. The minimum Gasteiger partial charge on any atom is -0.496 e. The van der Waals surface area contributed by atoms with Crippen molar-refractivity contribution in [3.05, 3.63) is 77.6 Å². The van der Waals surface area contributed by atoms with Crippen molar-refractivity contribution in [3.8, 4) is 16.9 Å². The minimum atomic E-state index is 0.0157. The summed E-state index contributed by atoms with van der Waals surface area (Å²) in [5.74, 6) is 1.11. The topological polar surface area (TPSA) is 68.5 Å². The zero-order valence-electron chi connectivity index (χ0n) is 20.0. The van der Waals surface area contributed by atoms with Gasteiger partial charge in [-0.15, -0.1) is 0 Å². The van der Waals surface area contributed by atoms with Crippen LogP contribution in [0.3, 0.4) is 0 Å². The highest BCUT2D eigenvalue weighted by Crippen LogP contribution is 2.35. The number of nitrogens with zero attached hydrogens (tertiary/aromatic N) is 3. The molecular weight excluding hydrogens is 444 g/mol. The molecule has 0 aliphatic rings. The van der Waals surface area contributed by atoms with Crippen molar-refractivity contribution in [1.82, 2.24) is 19.9 Å². The molecule has 6 nitrogen and oxygen atoms in total. The summed E-state index contributed by atoms with van der Waals surface area (Å²) in [5.41, 5.74) is 5.69. The fourth-order valence-electron chi connectivity index (χ4n) is 4.04. The number of methoxy groups -OCH3 is 1. The van der Waals surface area contributed by atoms with Crippen LogP contribution < -0.4 is 10.1 Å². The Morgan fingerprint density at radius 1 is 1.12 bits per heavy atom. The molecule has 0 unspecified atom stereocenters. The zero-order valence-corrected chi connectivity index (χ0v) is 20.9. The van der Waals surface area contributed by atoms with E-state index in [1.807, 2.05) is 66.9 Å². The van der Waals surface area contributed by atoms with Gasteiger partial charge >= 0.3 is 0 Å². The van der Waals surface area contributed by atoms with Gasteiger partial charge in [0.05, 0.1) is 24.1 Å². The third kappa shape index (κ3) is 5.42. The fourth-order valence-corrected chi connectivity index (χ4v) is 4.90. The molecule has 1 N–H and O–H groups in total. The van der Waals surface area contributed by atoms with Crippen LogP contribution in [0.25, 0.3) is 16.8 Å². The highest BCUT2D eigenvalue weighted by Gasteiger charge is 2.19. The average molecular weight is 475 g/mol. The molecule has 1 amide bonds. The first-order valence-corrected chi connectivity index (χ1v) is 12.4. The summed E-state index contributed by atoms with van der Waals surface area (Å²) in [5, 5.41) is 8.76. The number of carbonyl (C=O) groups excluding carboxylic acids is 1. The number of fused-ring (bicyclic) bond motifs is 1. The molecule has 0 aliphatic heterocycles. The first kappa shape index (κ1) is 23.8. The predicted octanol–water partition coefficient (Wildman–Crippen LogP) is 5.25. The van der Waals surface area contributed by atoms with E-state index in [0.717, 1.165) is 51.8 Å². The van der Waals surface area contributed by atoms with Gasteiger partial charge in [0, 0.05) is 17.3 Å². The molecule has 34 heavy (non-hydrogen) atoms. The molecule has 0 spiro atoms. The number of ether oxygens (including phenoxy) is 1. The number of para-hydroxylation sites is 1. The number of carbonyl (C=O) groups is 1. The predicted molar refractivity (Wildman–Crippen MR) is 138 cm³/mol. The molecule has 0 saturated carbocycles. The number of hydrogen-bond acceptors (Lipinski definition) is 5. The van der Waals surface area contributed by atoms with Crippen LogP contribution in [0, 0.1) is 13.8 Å². The van der Waals surface area contributed by atoms with Crippen LogP contribution in [-0.4, -0.2) is 39.4 Å². The molecule has 1 atom stereocenters. The van der Waals surface area contributed by atoms with Gasteiger partial charge in [0.2, 0.25) is 5.91 Å². The standard InChI is InChI=1S/C27H30N4O2S/c1-18(14-15-21-10-6-5-7-11-21)28-24(32)17-34-25-16-19(2)29-27-26(20(3)30-31(25)27)22-12-8-9-13-23(22)33-4/h5-13,16,18H,14-15,17H2,1-4H3,(H,28,32)/t18-/m1/s1. The lowest BCUT2D eigenvalue weighted by atomic mass is 10.1. The molecule has 4 aromatic rings. The number of amides is 1. The summed E-state index contributed by atoms with van der Waals surface area (Å²) < 4.78 is 7.41. The largest absolute Gasteiger partial charge is 0.496 e. The molecule has 7 heteroatoms. The highest BCUT2D eigenvalue weighted by molar-refractivity contribution is 7.99. The van der Waals surface area contributed by atoms with Crippen LogP contribution in [0.4, 0.5) is 0 Å². The smallest absolute Gasteiger partial charge is 0.230 e. The minimum absolute atomic E-state index is 0.0157. The van der Waals surface area contributed by atoms with Crippen molar-refractivity contribution < 1.29 is 9.53 Å². The maximum absolute atomic E-state index is 12.6. The molecule has 0 saturated heterocycles. The van der Waals surface area contributed by atoms with Crippen molar-refractivity contribution in [3.63, 3.8) is 0 Å². The van der Waals surface area contributed by atoms with Crippen LogP contribution in [0.1, 0.15) is 30.3 Å². The molecule has 0 aliphatic carbocycles. The molecule has 2 heterocycles. The van der Waals surface area contributed by atoms with E-state index in [1.165, 1.54) is 17.3 Å². The quantitative estimate of drug-likeness (QED) is 0.265. The van der Waals surface area contributed by atoms with E-state index in [0.29, 0.717) is 5.75 Å². The molecule has 4 rings (SSSR count). The number of nitrogens with one attached hydrogen (secondary N) is 1. The average Bonchev–Trinajstić information content (AvgIpc) is 3.17. The second-order valence-electron chi connectivity index (χ2n) is 8.41. The van der Waals surface area contributed by atoms with Crippen molar-refractivity contribution in [2.24, 2.45) is 0 Å². The Hall–Kier alpha value is -3.32. The van der Waals surface area contributed by atoms with Crippen molar-refractivity contribution in [2.75, 3.05) is 12.9 Å². The second-order valence-corrected chi connectivity index (χ2v) is 9.41. The van der Waals surface area contributed by atoms with Gasteiger partial charge in [-0.05, 0) is 51.3 Å². The second kappa shape index (κ2) is 10.7. The van der Waals surface area contributed by atoms with E-state index in [9.17, 15) is 4.79 Å². The Kier molecular flexibility index (Phi) is 7.53. The molecular formula is C27H30N4O2S. The Morgan fingerprint density at radius 3 is 2.62 bits per heavy atom. The van der Waals surface area contributed by atoms with Gasteiger partial charge in [-0.25, -0.2) is 9.50 Å². The van der Waals surface area contributed by atoms with E-state index in [1.54, 1.807) is 7.11 Å². The van der Waals surface area contributed by atoms with Gasteiger partial charge < -0.3 is 10.1 Å². The van der Waals surface area contributed by atoms with Crippen LogP contribution in [0.5, 0.6) is 5.75 Å². The summed E-state index contributed by atoms with van der Waals surface area (Å²) in [7, 11) is 1.67. The molecule has 0 radical (unpaired) electrons. The van der Waals surface area contributed by atoms with Crippen LogP contribution in [0.2, 0.25) is 0 Å². The first-order chi connectivity index (χ1) is 16.5. The van der Waals surface area contributed by atoms with Gasteiger partial charge in [0.15, 0.2) is 5.65 Å². The van der Waals surface area contributed by atoms with E-state index in [4.69, 9.17) is 14.8 Å². The first-order valence-electron chi connectivity index (χ1n) is 11.4. The Labute approximate surface area is 204 Å². The van der Waals surface area contributed by atoms with Crippen molar-refractivity contribution in [2.45, 2.75) is 44.7 Å². The summed E-state index contributed by atoms with van der Waals surface area (Å²) in [6, 6.07) is 20.3. The van der Waals surface area contributed by atoms with Crippen LogP contribution in [-0.2, 0) is 11.2 Å². The Morgan fingerprint density at radius 2 is 1.85 bits per heavy atom. The van der Waals surface area contributed by atoms with Gasteiger partial charge in [-0.2, -0.15) is 5.10 Å². The maximum atomic E-state index is 12.6. The Balaban J connectivity index is 1.48. The van der Waals surface area contributed by atoms with E-state index in [-0.39, 0.29) is 11.9 Å². The summed E-state index contributed by atoms with van der Waals surface area (Å²) in [6.07, 6.45) is 1.84. The Bertz CT molecular complexity index is 1290. The molecule has 176 valence electrons. The van der Waals surface area contributed by atoms with Crippen molar-refractivity contribution >= 4 is 23.3 Å². The highest BCUT2D eigenvalue weighted by atomic mass is 32.2. The van der Waals surface area contributed by atoms with Gasteiger partial charge in [0.25, 0.3) is 0 Å². The normalized spacial score (nSPS) is 12.0. The summed E-state index contributed by atoms with van der Waals surface area (Å²) in [4.78, 5) is 17.4. The number of thioether (sulfide) groups is 1. The molecule has 2 aromatic carbocycles. The van der Waals surface area contributed by atoms with E-state index in [2.05, 4.69) is 24.4 Å². The zero-order chi connectivity index (χ0) is 24.1. The lowest BCUT2D eigenvalue weighted by Gasteiger charge is -2.14. The maximum Gasteiger partial charge on any atom is 0.230 e. The van der Waals surface area contributed by atoms with Crippen LogP contribution >= 0.6 is 11.8 Å². The molecule has 0 fully saturated rings. The van der Waals surface area contributed by atoms with Crippen molar-refractivity contribution in [1.29, 1.82) is 0 Å². The van der Waals surface area contributed by atoms with Gasteiger partial charge in [-0.1, -0.05) is 60.3 Å². The fraction of sp³-hybridized carbons (Fsp3) is 0.296. The molecule has 0 bridgehead atoms.